The van der Waals surface area contributed by atoms with Crippen molar-refractivity contribution in [2.24, 2.45) is 5.92 Å². The Morgan fingerprint density at radius 3 is 2.50 bits per heavy atom. The smallest absolute Gasteiger partial charge is 0.290 e. The summed E-state index contributed by atoms with van der Waals surface area (Å²) in [6.07, 6.45) is 5.58. The van der Waals surface area contributed by atoms with E-state index in [2.05, 4.69) is 20.5 Å². The minimum Gasteiger partial charge on any atom is -0.483 e. The molecule has 2 amide bonds. The molecule has 3 N–H and O–H groups in total. The maximum absolute atomic E-state index is 12.3. The molecular weight excluding hydrogens is 404 g/mol. The lowest BCUT2D eigenvalue weighted by Crippen LogP contribution is -2.46. The van der Waals surface area contributed by atoms with E-state index in [9.17, 15) is 9.59 Å². The molecule has 0 bridgehead atoms. The number of carboxylic acid groups (broad SMARTS) is 1. The van der Waals surface area contributed by atoms with Crippen LogP contribution in [0.1, 0.15) is 56.7 Å². The number of aryl methyl sites for hydroxylation is 1. The third-order valence-corrected chi connectivity index (χ3v) is 6.17. The van der Waals surface area contributed by atoms with E-state index in [4.69, 9.17) is 9.90 Å². The van der Waals surface area contributed by atoms with Gasteiger partial charge in [0.15, 0.2) is 0 Å². The summed E-state index contributed by atoms with van der Waals surface area (Å²) in [6.45, 7) is 7.42. The topological polar surface area (TPSA) is 112 Å². The second-order valence-electron chi connectivity index (χ2n) is 8.40. The summed E-state index contributed by atoms with van der Waals surface area (Å²) in [4.78, 5) is 39.7. The highest BCUT2D eigenvalue weighted by Gasteiger charge is 2.38. The van der Waals surface area contributed by atoms with Gasteiger partial charge in [0, 0.05) is 43.0 Å². The van der Waals surface area contributed by atoms with Gasteiger partial charge in [0.05, 0.1) is 17.1 Å². The molecule has 0 radical (unpaired) electrons. The Hall–Kier alpha value is -2.00. The highest BCUT2D eigenvalue weighted by Crippen LogP contribution is 2.35. The van der Waals surface area contributed by atoms with Gasteiger partial charge in [-0.2, -0.15) is 0 Å². The molecule has 2 aliphatic rings. The van der Waals surface area contributed by atoms with Crippen molar-refractivity contribution in [3.05, 3.63) is 16.1 Å². The number of aromatic nitrogens is 1. The van der Waals surface area contributed by atoms with Crippen LogP contribution in [0, 0.1) is 12.8 Å². The molecule has 1 aliphatic carbocycles. The number of hydrogen-bond acceptors (Lipinski definition) is 6. The molecule has 0 aromatic carbocycles. The largest absolute Gasteiger partial charge is 0.483 e. The molecule has 1 saturated carbocycles. The predicted octanol–water partition coefficient (Wildman–Crippen LogP) is 1.97. The fourth-order valence-corrected chi connectivity index (χ4v) is 4.51. The number of nitrogens with zero attached hydrogens (tertiary/aromatic N) is 2. The minimum atomic E-state index is -0.250. The summed E-state index contributed by atoms with van der Waals surface area (Å²) in [7, 11) is 0. The van der Waals surface area contributed by atoms with Crippen LogP contribution in [0.15, 0.2) is 5.38 Å². The molecule has 9 heteroatoms. The lowest BCUT2D eigenvalue weighted by Gasteiger charge is -2.30. The van der Waals surface area contributed by atoms with Crippen LogP contribution >= 0.6 is 11.3 Å². The zero-order valence-electron chi connectivity index (χ0n) is 18.1. The van der Waals surface area contributed by atoms with Crippen molar-refractivity contribution >= 4 is 29.6 Å². The van der Waals surface area contributed by atoms with Crippen LogP contribution in [-0.4, -0.2) is 64.5 Å². The molecular formula is C21H34N4O4S. The van der Waals surface area contributed by atoms with E-state index in [-0.39, 0.29) is 24.3 Å². The second kappa shape index (κ2) is 12.0. The van der Waals surface area contributed by atoms with E-state index in [1.807, 2.05) is 26.2 Å². The van der Waals surface area contributed by atoms with Crippen molar-refractivity contribution in [1.82, 2.24) is 20.5 Å². The van der Waals surface area contributed by atoms with Crippen LogP contribution in [-0.2, 0) is 20.8 Å². The summed E-state index contributed by atoms with van der Waals surface area (Å²) in [6, 6.07) is 0.816. The Kier molecular flexibility index (Phi) is 9.71. The minimum absolute atomic E-state index is 0.0349. The van der Waals surface area contributed by atoms with Gasteiger partial charge in [-0.15, -0.1) is 11.3 Å². The summed E-state index contributed by atoms with van der Waals surface area (Å²) in [5.74, 6) is 0.946. The molecule has 0 unspecified atom stereocenters. The predicted molar refractivity (Wildman–Crippen MR) is 116 cm³/mol. The molecule has 0 spiro atoms. The van der Waals surface area contributed by atoms with Gasteiger partial charge >= 0.3 is 0 Å². The molecule has 2 heterocycles. The van der Waals surface area contributed by atoms with Crippen molar-refractivity contribution in [2.75, 3.05) is 13.1 Å². The van der Waals surface area contributed by atoms with Crippen LogP contribution in [0.5, 0.6) is 0 Å². The lowest BCUT2D eigenvalue weighted by atomic mass is 10.1. The van der Waals surface area contributed by atoms with Gasteiger partial charge in [-0.25, -0.2) is 4.98 Å². The number of amides is 2. The Labute approximate surface area is 182 Å². The number of carbonyl (C=O) groups is 3. The fourth-order valence-electron chi connectivity index (χ4n) is 3.89. The highest BCUT2D eigenvalue weighted by atomic mass is 32.1. The summed E-state index contributed by atoms with van der Waals surface area (Å²) in [5, 5.41) is 15.9. The summed E-state index contributed by atoms with van der Waals surface area (Å²) >= 11 is 1.58. The zero-order valence-corrected chi connectivity index (χ0v) is 18.9. The van der Waals surface area contributed by atoms with Crippen molar-refractivity contribution < 1.29 is 19.5 Å². The quantitative estimate of drug-likeness (QED) is 0.508. The van der Waals surface area contributed by atoms with Gasteiger partial charge in [0.25, 0.3) is 6.47 Å². The number of nitrogens with one attached hydrogen (secondary N) is 2. The Balaban J connectivity index is 0.00000101. The first kappa shape index (κ1) is 24.3. The average Bonchev–Trinajstić information content (AvgIpc) is 3.28. The van der Waals surface area contributed by atoms with Gasteiger partial charge in [0.2, 0.25) is 11.8 Å². The number of thiazole rings is 1. The molecule has 1 saturated heterocycles. The maximum atomic E-state index is 12.3. The first-order valence-corrected chi connectivity index (χ1v) is 11.5. The van der Waals surface area contributed by atoms with Crippen molar-refractivity contribution in [1.29, 1.82) is 0 Å². The summed E-state index contributed by atoms with van der Waals surface area (Å²) < 4.78 is 0. The zero-order chi connectivity index (χ0) is 22.1. The van der Waals surface area contributed by atoms with Gasteiger partial charge in [-0.05, 0) is 52.4 Å². The molecule has 30 heavy (non-hydrogen) atoms. The highest BCUT2D eigenvalue weighted by molar-refractivity contribution is 7.09. The number of likely N-dealkylation sites (tertiary alicyclic amines) is 1. The van der Waals surface area contributed by atoms with E-state index >= 15 is 0 Å². The molecule has 2 fully saturated rings. The van der Waals surface area contributed by atoms with Crippen LogP contribution < -0.4 is 10.6 Å². The van der Waals surface area contributed by atoms with Crippen molar-refractivity contribution in [2.45, 2.75) is 77.4 Å². The van der Waals surface area contributed by atoms with Crippen LogP contribution in [0.3, 0.4) is 0 Å². The van der Waals surface area contributed by atoms with Gasteiger partial charge in [-0.3, -0.25) is 19.3 Å². The van der Waals surface area contributed by atoms with Gasteiger partial charge < -0.3 is 15.7 Å². The Morgan fingerprint density at radius 2 is 1.93 bits per heavy atom. The molecule has 3 rings (SSSR count). The number of hydrogen-bond donors (Lipinski definition) is 3. The van der Waals surface area contributed by atoms with E-state index in [1.165, 1.54) is 12.8 Å². The maximum Gasteiger partial charge on any atom is 0.290 e. The van der Waals surface area contributed by atoms with Crippen molar-refractivity contribution in [3.8, 4) is 0 Å². The first-order valence-electron chi connectivity index (χ1n) is 10.6. The molecule has 1 aromatic heterocycles. The molecule has 2 atom stereocenters. The normalized spacial score (nSPS) is 21.1. The molecule has 168 valence electrons. The molecule has 1 aromatic rings. The first-order chi connectivity index (χ1) is 14.3. The van der Waals surface area contributed by atoms with E-state index in [0.717, 1.165) is 36.0 Å². The molecule has 8 nitrogen and oxygen atoms in total. The van der Waals surface area contributed by atoms with E-state index < -0.39 is 0 Å². The fraction of sp³-hybridized carbons (Fsp3) is 0.714. The average molecular weight is 439 g/mol. The monoisotopic (exact) mass is 438 g/mol. The lowest BCUT2D eigenvalue weighted by molar-refractivity contribution is -0.123. The van der Waals surface area contributed by atoms with Crippen molar-refractivity contribution in [3.63, 3.8) is 0 Å². The standard InChI is InChI=1S/C20H32N4O2S.CH2O2/c1-13(2)22-20(26)9-17-6-7-18(24(17)11-15-4-5-15)10-21-19(25)8-16-12-27-14(3)23-16;2-1-3/h12-13,15,17-18H,4-11H2,1-3H3,(H,21,25)(H,22,26);1H,(H,2,3)/t17-,18+;/m1./s1. The van der Waals surface area contributed by atoms with E-state index in [0.29, 0.717) is 31.5 Å². The Bertz CT molecular complexity index is 705. The van der Waals surface area contributed by atoms with Crippen LogP contribution in [0.2, 0.25) is 0 Å². The van der Waals surface area contributed by atoms with E-state index in [1.54, 1.807) is 11.3 Å². The van der Waals surface area contributed by atoms with Crippen LogP contribution in [0.25, 0.3) is 0 Å². The van der Waals surface area contributed by atoms with Gasteiger partial charge in [-0.1, -0.05) is 0 Å². The SMILES string of the molecule is Cc1nc(CC(=O)NC[C@@H]2CC[C@H](CC(=O)NC(C)C)N2CC2CC2)cs1.O=CO. The molecule has 1 aliphatic heterocycles. The number of rotatable bonds is 9. The third kappa shape index (κ3) is 8.39. The second-order valence-corrected chi connectivity index (χ2v) is 9.46. The Morgan fingerprint density at radius 1 is 1.27 bits per heavy atom. The number of carbonyl (C=O) groups excluding carboxylic acids is 2. The van der Waals surface area contributed by atoms with Gasteiger partial charge in [0.1, 0.15) is 0 Å². The third-order valence-electron chi connectivity index (χ3n) is 5.35. The summed E-state index contributed by atoms with van der Waals surface area (Å²) in [5.41, 5.74) is 0.847. The van der Waals surface area contributed by atoms with Crippen LogP contribution in [0.4, 0.5) is 0 Å².